The van der Waals surface area contributed by atoms with Crippen LogP contribution in [0.25, 0.3) is 0 Å². The summed E-state index contributed by atoms with van der Waals surface area (Å²) in [7, 11) is 1.60. The van der Waals surface area contributed by atoms with Gasteiger partial charge in [0.1, 0.15) is 11.3 Å². The SMILES string of the molecule is CNc1cccc(C(=O)NCC2CSCCS2)c1[N+](=O)[O-]. The highest BCUT2D eigenvalue weighted by Crippen LogP contribution is 2.28. The number of benzene rings is 1. The van der Waals surface area contributed by atoms with Gasteiger partial charge in [-0.05, 0) is 12.1 Å². The van der Waals surface area contributed by atoms with Gasteiger partial charge in [0.2, 0.25) is 0 Å². The van der Waals surface area contributed by atoms with Gasteiger partial charge in [0.25, 0.3) is 5.91 Å². The van der Waals surface area contributed by atoms with Crippen LogP contribution < -0.4 is 10.6 Å². The van der Waals surface area contributed by atoms with E-state index < -0.39 is 10.8 Å². The Hall–Kier alpha value is -1.41. The minimum atomic E-state index is -0.522. The Bertz CT molecular complexity index is 533. The van der Waals surface area contributed by atoms with Crippen LogP contribution in [0.5, 0.6) is 0 Å². The van der Waals surface area contributed by atoms with Crippen LogP contribution >= 0.6 is 23.5 Å². The van der Waals surface area contributed by atoms with Gasteiger partial charge in [-0.2, -0.15) is 23.5 Å². The summed E-state index contributed by atoms with van der Waals surface area (Å²) in [5, 5.41) is 17.1. The largest absolute Gasteiger partial charge is 0.383 e. The lowest BCUT2D eigenvalue weighted by Crippen LogP contribution is -2.33. The Kier molecular flexibility index (Phi) is 5.75. The maximum absolute atomic E-state index is 12.2. The van der Waals surface area contributed by atoms with E-state index in [9.17, 15) is 14.9 Å². The molecule has 1 aromatic carbocycles. The molecule has 0 spiro atoms. The summed E-state index contributed by atoms with van der Waals surface area (Å²) >= 11 is 3.71. The zero-order valence-corrected chi connectivity index (χ0v) is 13.3. The van der Waals surface area contributed by atoms with Crippen molar-refractivity contribution >= 4 is 40.8 Å². The molecular weight excluding hydrogens is 310 g/mol. The van der Waals surface area contributed by atoms with Crippen LogP contribution in [0, 0.1) is 10.1 Å². The van der Waals surface area contributed by atoms with Gasteiger partial charge in [-0.1, -0.05) is 6.07 Å². The van der Waals surface area contributed by atoms with Crippen LogP contribution in [0.1, 0.15) is 10.4 Å². The van der Waals surface area contributed by atoms with Gasteiger partial charge < -0.3 is 10.6 Å². The van der Waals surface area contributed by atoms with E-state index in [1.165, 1.54) is 6.07 Å². The maximum atomic E-state index is 12.2. The molecule has 1 fully saturated rings. The van der Waals surface area contributed by atoms with E-state index in [4.69, 9.17) is 0 Å². The molecule has 1 unspecified atom stereocenters. The fourth-order valence-corrected chi connectivity index (χ4v) is 4.69. The van der Waals surface area contributed by atoms with Gasteiger partial charge in [0, 0.05) is 36.1 Å². The number of carbonyl (C=O) groups excluding carboxylic acids is 1. The van der Waals surface area contributed by atoms with E-state index in [0.717, 1.165) is 17.3 Å². The second kappa shape index (κ2) is 7.56. The van der Waals surface area contributed by atoms with E-state index in [1.54, 1.807) is 19.2 Å². The second-order valence-corrected chi connectivity index (χ2v) is 7.04. The first kappa shape index (κ1) is 16.0. The highest BCUT2D eigenvalue weighted by Gasteiger charge is 2.24. The molecule has 6 nitrogen and oxygen atoms in total. The summed E-state index contributed by atoms with van der Waals surface area (Å²) in [5.74, 6) is 2.84. The molecular formula is C13H17N3O3S2. The summed E-state index contributed by atoms with van der Waals surface area (Å²) < 4.78 is 0. The minimum Gasteiger partial charge on any atom is -0.383 e. The Morgan fingerprint density at radius 3 is 2.90 bits per heavy atom. The molecule has 1 heterocycles. The molecule has 2 N–H and O–H groups in total. The summed E-state index contributed by atoms with van der Waals surface area (Å²) in [5.41, 5.74) is 0.263. The average Bonchev–Trinajstić information content (AvgIpc) is 2.52. The predicted molar refractivity (Wildman–Crippen MR) is 88.5 cm³/mol. The number of hydrogen-bond donors (Lipinski definition) is 2. The molecule has 1 saturated heterocycles. The van der Waals surface area contributed by atoms with Gasteiger partial charge in [-0.15, -0.1) is 0 Å². The van der Waals surface area contributed by atoms with Crippen LogP contribution in [0.4, 0.5) is 11.4 Å². The van der Waals surface area contributed by atoms with Crippen molar-refractivity contribution in [3.8, 4) is 0 Å². The van der Waals surface area contributed by atoms with Crippen LogP contribution in [0.2, 0.25) is 0 Å². The molecule has 1 aliphatic heterocycles. The molecule has 0 bridgehead atoms. The highest BCUT2D eigenvalue weighted by molar-refractivity contribution is 8.06. The number of nitro benzene ring substituents is 1. The molecule has 1 aliphatic rings. The Balaban J connectivity index is 2.09. The average molecular weight is 327 g/mol. The number of carbonyl (C=O) groups is 1. The molecule has 21 heavy (non-hydrogen) atoms. The first-order valence-corrected chi connectivity index (χ1v) is 8.76. The lowest BCUT2D eigenvalue weighted by molar-refractivity contribution is -0.384. The quantitative estimate of drug-likeness (QED) is 0.637. The number of para-hydroxylation sites is 1. The zero-order chi connectivity index (χ0) is 15.2. The van der Waals surface area contributed by atoms with Crippen LogP contribution in [0.15, 0.2) is 18.2 Å². The third-order valence-electron chi connectivity index (χ3n) is 3.11. The maximum Gasteiger partial charge on any atom is 0.305 e. The number of amides is 1. The molecule has 1 atom stereocenters. The van der Waals surface area contributed by atoms with Crippen LogP contribution in [-0.2, 0) is 0 Å². The van der Waals surface area contributed by atoms with Gasteiger partial charge in [-0.3, -0.25) is 14.9 Å². The third-order valence-corrected chi connectivity index (χ3v) is 5.95. The number of anilines is 1. The number of nitrogens with one attached hydrogen (secondary N) is 2. The number of nitro groups is 1. The van der Waals surface area contributed by atoms with E-state index >= 15 is 0 Å². The molecule has 114 valence electrons. The summed E-state index contributed by atoms with van der Waals surface area (Å²) in [6.45, 7) is 0.539. The van der Waals surface area contributed by atoms with Crippen molar-refractivity contribution in [2.24, 2.45) is 0 Å². The van der Waals surface area contributed by atoms with Crippen LogP contribution in [-0.4, -0.2) is 46.9 Å². The first-order valence-electron chi connectivity index (χ1n) is 6.56. The molecule has 0 aliphatic carbocycles. The van der Waals surface area contributed by atoms with Gasteiger partial charge in [0.05, 0.1) is 4.92 Å². The molecule has 1 aromatic rings. The molecule has 8 heteroatoms. The lowest BCUT2D eigenvalue weighted by Gasteiger charge is -2.21. The van der Waals surface area contributed by atoms with Gasteiger partial charge in [0.15, 0.2) is 0 Å². The van der Waals surface area contributed by atoms with Crippen molar-refractivity contribution in [3.63, 3.8) is 0 Å². The third kappa shape index (κ3) is 4.04. The topological polar surface area (TPSA) is 84.3 Å². The van der Waals surface area contributed by atoms with Crippen molar-refractivity contribution in [3.05, 3.63) is 33.9 Å². The molecule has 0 aromatic heterocycles. The Labute approximate surface area is 131 Å². The number of nitrogens with zero attached hydrogens (tertiary/aromatic N) is 1. The van der Waals surface area contributed by atoms with E-state index in [2.05, 4.69) is 10.6 Å². The standard InChI is InChI=1S/C13H17N3O3S2/c1-14-11-4-2-3-10(12(11)16(18)19)13(17)15-7-9-8-20-5-6-21-9/h2-4,9,14H,5-8H2,1H3,(H,15,17). The van der Waals surface area contributed by atoms with Gasteiger partial charge in [-0.25, -0.2) is 0 Å². The Morgan fingerprint density at radius 2 is 2.29 bits per heavy atom. The van der Waals surface area contributed by atoms with Gasteiger partial charge >= 0.3 is 5.69 Å². The van der Waals surface area contributed by atoms with Crippen molar-refractivity contribution in [2.75, 3.05) is 36.2 Å². The lowest BCUT2D eigenvalue weighted by atomic mass is 10.1. The smallest absolute Gasteiger partial charge is 0.305 e. The highest BCUT2D eigenvalue weighted by atomic mass is 32.2. The zero-order valence-electron chi connectivity index (χ0n) is 11.6. The monoisotopic (exact) mass is 327 g/mol. The summed E-state index contributed by atoms with van der Waals surface area (Å²) in [6, 6.07) is 4.71. The first-order chi connectivity index (χ1) is 10.1. The fraction of sp³-hybridized carbons (Fsp3) is 0.462. The van der Waals surface area contributed by atoms with E-state index in [-0.39, 0.29) is 11.3 Å². The van der Waals surface area contributed by atoms with Crippen molar-refractivity contribution < 1.29 is 9.72 Å². The number of thioether (sulfide) groups is 2. The molecule has 0 radical (unpaired) electrons. The molecule has 0 saturated carbocycles. The van der Waals surface area contributed by atoms with Crippen LogP contribution in [0.3, 0.4) is 0 Å². The number of rotatable bonds is 5. The summed E-state index contributed by atoms with van der Waals surface area (Å²) in [4.78, 5) is 22.9. The van der Waals surface area contributed by atoms with E-state index in [1.807, 2.05) is 23.5 Å². The Morgan fingerprint density at radius 1 is 1.48 bits per heavy atom. The minimum absolute atomic E-state index is 0.0975. The normalized spacial score (nSPS) is 18.0. The molecule has 1 amide bonds. The van der Waals surface area contributed by atoms with E-state index in [0.29, 0.717) is 17.5 Å². The van der Waals surface area contributed by atoms with Crippen molar-refractivity contribution in [1.82, 2.24) is 5.32 Å². The molecule has 2 rings (SSSR count). The van der Waals surface area contributed by atoms with Crippen molar-refractivity contribution in [1.29, 1.82) is 0 Å². The van der Waals surface area contributed by atoms with Crippen molar-refractivity contribution in [2.45, 2.75) is 5.25 Å². The summed E-state index contributed by atoms with van der Waals surface area (Å²) in [6.07, 6.45) is 0. The number of hydrogen-bond acceptors (Lipinski definition) is 6. The predicted octanol–water partition coefficient (Wildman–Crippen LogP) is 2.21. The second-order valence-electron chi connectivity index (χ2n) is 4.49. The fourth-order valence-electron chi connectivity index (χ4n) is 2.08.